The van der Waals surface area contributed by atoms with Crippen LogP contribution in [0.3, 0.4) is 0 Å². The van der Waals surface area contributed by atoms with Gasteiger partial charge in [-0.05, 0) is 0 Å². The lowest BCUT2D eigenvalue weighted by molar-refractivity contribution is -0.141. The highest BCUT2D eigenvalue weighted by Gasteiger charge is 2.28. The molecule has 0 aliphatic rings. The van der Waals surface area contributed by atoms with Crippen molar-refractivity contribution in [1.82, 2.24) is 5.32 Å². The average molecular weight is 185 g/mol. The molecule has 0 bridgehead atoms. The number of carbonyl (C=O) groups excluding carboxylic acids is 1. The molecular formula is C6H10F3NO2. The van der Waals surface area contributed by atoms with Crippen LogP contribution in [-0.4, -0.2) is 30.3 Å². The van der Waals surface area contributed by atoms with Crippen LogP contribution >= 0.6 is 0 Å². The van der Waals surface area contributed by atoms with E-state index in [0.29, 0.717) is 0 Å². The summed E-state index contributed by atoms with van der Waals surface area (Å²) in [7, 11) is 0. The molecule has 1 atom stereocenters. The van der Waals surface area contributed by atoms with Gasteiger partial charge in [-0.15, -0.1) is 0 Å². The van der Waals surface area contributed by atoms with E-state index in [1.54, 1.807) is 5.32 Å². The summed E-state index contributed by atoms with van der Waals surface area (Å²) in [6.07, 6.45) is -4.40. The lowest BCUT2D eigenvalue weighted by atomic mass is 10.2. The van der Waals surface area contributed by atoms with Crippen molar-refractivity contribution in [3.8, 4) is 0 Å². The number of rotatable bonds is 3. The second-order valence-electron chi connectivity index (χ2n) is 2.42. The minimum absolute atomic E-state index is 0.455. The quantitative estimate of drug-likeness (QED) is 0.664. The van der Waals surface area contributed by atoms with Crippen LogP contribution in [0.25, 0.3) is 0 Å². The van der Waals surface area contributed by atoms with Crippen LogP contribution in [0, 0.1) is 5.92 Å². The molecule has 0 saturated carbocycles. The topological polar surface area (TPSA) is 49.3 Å². The van der Waals surface area contributed by atoms with E-state index in [4.69, 9.17) is 5.11 Å². The van der Waals surface area contributed by atoms with E-state index in [0.717, 1.165) is 0 Å². The molecule has 0 aliphatic carbocycles. The van der Waals surface area contributed by atoms with Gasteiger partial charge in [0.25, 0.3) is 0 Å². The molecule has 0 aromatic rings. The van der Waals surface area contributed by atoms with Gasteiger partial charge >= 0.3 is 6.18 Å². The van der Waals surface area contributed by atoms with Crippen LogP contribution in [0.1, 0.15) is 6.92 Å². The number of carbonyl (C=O) groups is 1. The predicted molar refractivity (Wildman–Crippen MR) is 35.3 cm³/mol. The summed E-state index contributed by atoms with van der Waals surface area (Å²) in [5, 5.41) is 10.0. The van der Waals surface area contributed by atoms with Crippen molar-refractivity contribution in [2.45, 2.75) is 13.1 Å². The molecule has 0 saturated heterocycles. The maximum absolute atomic E-state index is 11.5. The number of alkyl halides is 3. The van der Waals surface area contributed by atoms with E-state index in [-0.39, 0.29) is 0 Å². The third kappa shape index (κ3) is 4.95. The molecule has 0 spiro atoms. The summed E-state index contributed by atoms with van der Waals surface area (Å²) < 4.78 is 34.5. The number of halogens is 3. The monoisotopic (exact) mass is 185 g/mol. The summed E-state index contributed by atoms with van der Waals surface area (Å²) in [5.41, 5.74) is 0. The van der Waals surface area contributed by atoms with Crippen LogP contribution in [-0.2, 0) is 4.79 Å². The molecular weight excluding hydrogens is 175 g/mol. The van der Waals surface area contributed by atoms with E-state index in [1.807, 2.05) is 0 Å². The van der Waals surface area contributed by atoms with Crippen molar-refractivity contribution in [3.05, 3.63) is 0 Å². The normalized spacial score (nSPS) is 14.1. The van der Waals surface area contributed by atoms with Crippen LogP contribution in [0.5, 0.6) is 0 Å². The fourth-order valence-corrected chi connectivity index (χ4v) is 0.444. The highest BCUT2D eigenvalue weighted by atomic mass is 19.4. The molecule has 0 aromatic heterocycles. The molecule has 0 fully saturated rings. The first-order valence-corrected chi connectivity index (χ1v) is 3.32. The Morgan fingerprint density at radius 2 is 2.08 bits per heavy atom. The maximum atomic E-state index is 11.5. The maximum Gasteiger partial charge on any atom is 0.405 e. The fraction of sp³-hybridized carbons (Fsp3) is 0.833. The van der Waals surface area contributed by atoms with Crippen LogP contribution in [0.4, 0.5) is 13.2 Å². The molecule has 1 amide bonds. The van der Waals surface area contributed by atoms with Crippen molar-refractivity contribution < 1.29 is 23.1 Å². The zero-order chi connectivity index (χ0) is 9.78. The van der Waals surface area contributed by atoms with Gasteiger partial charge in [-0.1, -0.05) is 6.92 Å². The van der Waals surface area contributed by atoms with Gasteiger partial charge in [-0.2, -0.15) is 13.2 Å². The molecule has 0 rings (SSSR count). The SMILES string of the molecule is CC(CO)C(=O)NCC(F)(F)F. The van der Waals surface area contributed by atoms with Crippen molar-refractivity contribution in [3.63, 3.8) is 0 Å². The molecule has 0 radical (unpaired) electrons. The number of nitrogens with one attached hydrogen (secondary N) is 1. The summed E-state index contributed by atoms with van der Waals surface area (Å²) in [6.45, 7) is -0.467. The highest BCUT2D eigenvalue weighted by molar-refractivity contribution is 5.78. The number of amides is 1. The lowest BCUT2D eigenvalue weighted by Gasteiger charge is -2.10. The Bertz CT molecular complexity index is 157. The molecule has 72 valence electrons. The minimum atomic E-state index is -4.40. The summed E-state index contributed by atoms with van der Waals surface area (Å²) >= 11 is 0. The molecule has 6 heteroatoms. The Balaban J connectivity index is 3.72. The van der Waals surface area contributed by atoms with E-state index >= 15 is 0 Å². The first-order chi connectivity index (χ1) is 5.37. The van der Waals surface area contributed by atoms with Gasteiger partial charge in [0.1, 0.15) is 6.54 Å². The van der Waals surface area contributed by atoms with Gasteiger partial charge in [-0.3, -0.25) is 4.79 Å². The molecule has 0 heterocycles. The zero-order valence-electron chi connectivity index (χ0n) is 6.48. The van der Waals surface area contributed by atoms with Gasteiger partial charge in [0.05, 0.1) is 12.5 Å². The first-order valence-electron chi connectivity index (χ1n) is 3.32. The standard InChI is InChI=1S/C6H10F3NO2/c1-4(2-11)5(12)10-3-6(7,8)9/h4,11H,2-3H2,1H3,(H,10,12). The Hall–Kier alpha value is -0.780. The third-order valence-electron chi connectivity index (χ3n) is 1.18. The van der Waals surface area contributed by atoms with Gasteiger partial charge in [-0.25, -0.2) is 0 Å². The van der Waals surface area contributed by atoms with E-state index in [1.165, 1.54) is 6.92 Å². The molecule has 0 aliphatic heterocycles. The molecule has 1 unspecified atom stereocenters. The van der Waals surface area contributed by atoms with Crippen molar-refractivity contribution in [1.29, 1.82) is 0 Å². The molecule has 2 N–H and O–H groups in total. The fourth-order valence-electron chi connectivity index (χ4n) is 0.444. The Morgan fingerprint density at radius 1 is 1.58 bits per heavy atom. The third-order valence-corrected chi connectivity index (χ3v) is 1.18. The predicted octanol–water partition coefficient (Wildman–Crippen LogP) is 0.293. The van der Waals surface area contributed by atoms with Crippen molar-refractivity contribution in [2.24, 2.45) is 5.92 Å². The minimum Gasteiger partial charge on any atom is -0.396 e. The van der Waals surface area contributed by atoms with E-state index in [2.05, 4.69) is 0 Å². The Labute approximate surface area is 67.6 Å². The summed E-state index contributed by atoms with van der Waals surface area (Å²) in [5.74, 6) is -1.60. The van der Waals surface area contributed by atoms with E-state index in [9.17, 15) is 18.0 Å². The molecule has 3 nitrogen and oxygen atoms in total. The van der Waals surface area contributed by atoms with Crippen LogP contribution < -0.4 is 5.32 Å². The van der Waals surface area contributed by atoms with Gasteiger partial charge < -0.3 is 10.4 Å². The first kappa shape index (κ1) is 11.2. The van der Waals surface area contributed by atoms with Crippen LogP contribution in [0.2, 0.25) is 0 Å². The summed E-state index contributed by atoms with van der Waals surface area (Å²) in [4.78, 5) is 10.6. The van der Waals surface area contributed by atoms with Crippen molar-refractivity contribution >= 4 is 5.91 Å². The number of hydrogen-bond acceptors (Lipinski definition) is 2. The number of aliphatic hydroxyl groups excluding tert-OH is 1. The van der Waals surface area contributed by atoms with Gasteiger partial charge in [0.15, 0.2) is 0 Å². The lowest BCUT2D eigenvalue weighted by Crippen LogP contribution is -2.37. The highest BCUT2D eigenvalue weighted by Crippen LogP contribution is 2.12. The molecule has 12 heavy (non-hydrogen) atoms. The van der Waals surface area contributed by atoms with Gasteiger partial charge in [0, 0.05) is 0 Å². The van der Waals surface area contributed by atoms with Crippen LogP contribution in [0.15, 0.2) is 0 Å². The second kappa shape index (κ2) is 4.30. The summed E-state index contributed by atoms with van der Waals surface area (Å²) in [6, 6.07) is 0. The average Bonchev–Trinajstić information content (AvgIpc) is 1.97. The number of hydrogen-bond donors (Lipinski definition) is 2. The van der Waals surface area contributed by atoms with E-state index < -0.39 is 31.2 Å². The molecule has 0 aromatic carbocycles. The Morgan fingerprint density at radius 3 is 2.42 bits per heavy atom. The number of aliphatic hydroxyl groups is 1. The largest absolute Gasteiger partial charge is 0.405 e. The zero-order valence-corrected chi connectivity index (χ0v) is 6.48. The smallest absolute Gasteiger partial charge is 0.396 e. The Kier molecular flexibility index (Phi) is 4.02. The second-order valence-corrected chi connectivity index (χ2v) is 2.42. The van der Waals surface area contributed by atoms with Crippen molar-refractivity contribution in [2.75, 3.05) is 13.2 Å². The van der Waals surface area contributed by atoms with Gasteiger partial charge in [0.2, 0.25) is 5.91 Å².